The molecule has 1 aliphatic heterocycles. The third-order valence-electron chi connectivity index (χ3n) is 4.39. The predicted octanol–water partition coefficient (Wildman–Crippen LogP) is -4.30. The Labute approximate surface area is 170 Å². The molecule has 1 fully saturated rings. The van der Waals surface area contributed by atoms with E-state index in [1.165, 1.54) is 0 Å². The minimum atomic E-state index is -1.68. The van der Waals surface area contributed by atoms with Crippen LogP contribution in [0.15, 0.2) is 0 Å². The van der Waals surface area contributed by atoms with Gasteiger partial charge in [-0.3, -0.25) is 24.0 Å². The molecule has 4 atom stereocenters. The molecule has 0 aromatic carbocycles. The fourth-order valence-corrected chi connectivity index (χ4v) is 2.92. The molecular formula is C16H25N5O9. The number of likely N-dealkylation sites (tertiary alicyclic amines) is 1. The van der Waals surface area contributed by atoms with Gasteiger partial charge in [0.15, 0.2) is 0 Å². The molecule has 0 bridgehead atoms. The van der Waals surface area contributed by atoms with Crippen molar-refractivity contribution >= 4 is 35.6 Å². The first-order valence-corrected chi connectivity index (χ1v) is 8.98. The van der Waals surface area contributed by atoms with Gasteiger partial charge in [0.2, 0.25) is 23.6 Å². The second-order valence-electron chi connectivity index (χ2n) is 6.71. The van der Waals surface area contributed by atoms with Crippen molar-refractivity contribution in [2.24, 2.45) is 11.5 Å². The Bertz CT molecular complexity index is 713. The van der Waals surface area contributed by atoms with Crippen LogP contribution in [-0.2, 0) is 28.8 Å². The Hall–Kier alpha value is -3.26. The lowest BCUT2D eigenvalue weighted by Crippen LogP contribution is -2.58. The fourth-order valence-electron chi connectivity index (χ4n) is 2.92. The van der Waals surface area contributed by atoms with Crippen LogP contribution >= 0.6 is 0 Å². The van der Waals surface area contributed by atoms with Gasteiger partial charge in [0.05, 0.1) is 25.5 Å². The van der Waals surface area contributed by atoms with Crippen LogP contribution in [0, 0.1) is 0 Å². The molecule has 0 radical (unpaired) electrons. The summed E-state index contributed by atoms with van der Waals surface area (Å²) in [5.41, 5.74) is 10.4. The van der Waals surface area contributed by atoms with E-state index in [0.29, 0.717) is 6.42 Å². The van der Waals surface area contributed by atoms with E-state index in [4.69, 9.17) is 21.7 Å². The number of hydrogen-bond acceptors (Lipinski definition) is 8. The summed E-state index contributed by atoms with van der Waals surface area (Å²) in [5, 5.41) is 31.8. The van der Waals surface area contributed by atoms with Gasteiger partial charge in [0.25, 0.3) is 0 Å². The summed E-state index contributed by atoms with van der Waals surface area (Å²) in [4.78, 5) is 71.1. The number of aliphatic hydroxyl groups excluding tert-OH is 1. The Balaban J connectivity index is 2.88. The Kier molecular flexibility index (Phi) is 9.14. The van der Waals surface area contributed by atoms with Gasteiger partial charge in [-0.15, -0.1) is 0 Å². The lowest BCUT2D eigenvalue weighted by molar-refractivity contribution is -0.150. The van der Waals surface area contributed by atoms with Crippen LogP contribution in [-0.4, -0.2) is 93.1 Å². The van der Waals surface area contributed by atoms with Crippen molar-refractivity contribution in [3.8, 4) is 0 Å². The lowest BCUT2D eigenvalue weighted by atomic mass is 10.1. The number of nitrogens with one attached hydrogen (secondary N) is 2. The van der Waals surface area contributed by atoms with Gasteiger partial charge >= 0.3 is 11.9 Å². The molecule has 0 saturated carbocycles. The van der Waals surface area contributed by atoms with E-state index in [9.17, 15) is 33.9 Å². The summed E-state index contributed by atoms with van der Waals surface area (Å²) in [6, 6.07) is -5.76. The van der Waals surface area contributed by atoms with Crippen molar-refractivity contribution in [1.29, 1.82) is 0 Å². The first-order valence-electron chi connectivity index (χ1n) is 8.98. The summed E-state index contributed by atoms with van der Waals surface area (Å²) in [6.45, 7) is -0.776. The number of aliphatic hydroxyl groups is 1. The molecule has 0 aromatic rings. The van der Waals surface area contributed by atoms with Crippen LogP contribution in [0.4, 0.5) is 0 Å². The second kappa shape index (κ2) is 11.1. The maximum absolute atomic E-state index is 12.5. The lowest BCUT2D eigenvalue weighted by Gasteiger charge is -2.27. The zero-order chi connectivity index (χ0) is 23.0. The highest BCUT2D eigenvalue weighted by Crippen LogP contribution is 2.18. The normalized spacial score (nSPS) is 18.7. The number of nitrogens with zero attached hydrogens (tertiary/aromatic N) is 1. The molecule has 0 aromatic heterocycles. The third kappa shape index (κ3) is 6.97. The Morgan fingerprint density at radius 3 is 2.10 bits per heavy atom. The number of carboxylic acids is 2. The standard InChI is InChI=1S/C16H25N5O9/c17-7(4-11(18)23)13(26)19-8(5-12(24)25)14(27)20-9(6-22)15(28)21-3-1-2-10(21)16(29)30/h7-10,22H,1-6,17H2,(H2,18,23)(H,19,26)(H,20,27)(H,24,25)(H,29,30). The van der Waals surface area contributed by atoms with Crippen molar-refractivity contribution in [1.82, 2.24) is 15.5 Å². The molecule has 14 heteroatoms. The van der Waals surface area contributed by atoms with E-state index in [0.717, 1.165) is 4.90 Å². The fraction of sp³-hybridized carbons (Fsp3) is 0.625. The Morgan fingerprint density at radius 2 is 1.60 bits per heavy atom. The monoisotopic (exact) mass is 431 g/mol. The summed E-state index contributed by atoms with van der Waals surface area (Å²) in [5.74, 6) is -6.58. The molecule has 14 nitrogen and oxygen atoms in total. The average Bonchev–Trinajstić information content (AvgIpc) is 3.13. The first-order chi connectivity index (χ1) is 14.0. The van der Waals surface area contributed by atoms with E-state index in [2.05, 4.69) is 10.6 Å². The average molecular weight is 431 g/mol. The van der Waals surface area contributed by atoms with Crippen molar-refractivity contribution in [2.75, 3.05) is 13.2 Å². The molecule has 0 aliphatic carbocycles. The molecule has 9 N–H and O–H groups in total. The van der Waals surface area contributed by atoms with Gasteiger partial charge in [0.1, 0.15) is 18.1 Å². The Morgan fingerprint density at radius 1 is 1.00 bits per heavy atom. The van der Waals surface area contributed by atoms with Crippen LogP contribution < -0.4 is 22.1 Å². The summed E-state index contributed by atoms with van der Waals surface area (Å²) < 4.78 is 0. The smallest absolute Gasteiger partial charge is 0.326 e. The molecule has 4 unspecified atom stereocenters. The highest BCUT2D eigenvalue weighted by atomic mass is 16.4. The molecule has 1 aliphatic rings. The minimum absolute atomic E-state index is 0.111. The molecule has 30 heavy (non-hydrogen) atoms. The molecule has 168 valence electrons. The molecular weight excluding hydrogens is 406 g/mol. The van der Waals surface area contributed by atoms with Gasteiger partial charge < -0.3 is 42.3 Å². The van der Waals surface area contributed by atoms with Gasteiger partial charge in [-0.2, -0.15) is 0 Å². The van der Waals surface area contributed by atoms with Crippen LogP contribution in [0.1, 0.15) is 25.7 Å². The number of rotatable bonds is 11. The summed E-state index contributed by atoms with van der Waals surface area (Å²) in [7, 11) is 0. The number of primary amides is 1. The molecule has 1 rings (SSSR count). The van der Waals surface area contributed by atoms with Crippen molar-refractivity contribution < 1.29 is 44.1 Å². The van der Waals surface area contributed by atoms with Gasteiger partial charge in [-0.1, -0.05) is 0 Å². The molecule has 0 spiro atoms. The van der Waals surface area contributed by atoms with Gasteiger partial charge in [-0.25, -0.2) is 4.79 Å². The van der Waals surface area contributed by atoms with Crippen molar-refractivity contribution in [3.63, 3.8) is 0 Å². The quantitative estimate of drug-likeness (QED) is 0.166. The maximum atomic E-state index is 12.5. The third-order valence-corrected chi connectivity index (χ3v) is 4.39. The number of aliphatic carboxylic acids is 2. The van der Waals surface area contributed by atoms with E-state index < -0.39 is 79.2 Å². The molecule has 1 saturated heterocycles. The van der Waals surface area contributed by atoms with E-state index in [1.807, 2.05) is 0 Å². The van der Waals surface area contributed by atoms with E-state index >= 15 is 0 Å². The largest absolute Gasteiger partial charge is 0.481 e. The molecule has 4 amide bonds. The zero-order valence-corrected chi connectivity index (χ0v) is 15.9. The topological polar surface area (TPSA) is 242 Å². The maximum Gasteiger partial charge on any atom is 0.326 e. The van der Waals surface area contributed by atoms with Crippen LogP contribution in [0.25, 0.3) is 0 Å². The minimum Gasteiger partial charge on any atom is -0.481 e. The highest BCUT2D eigenvalue weighted by Gasteiger charge is 2.38. The number of amides is 4. The van der Waals surface area contributed by atoms with Crippen LogP contribution in [0.3, 0.4) is 0 Å². The molecule has 1 heterocycles. The van der Waals surface area contributed by atoms with Gasteiger partial charge in [-0.05, 0) is 12.8 Å². The van der Waals surface area contributed by atoms with Crippen LogP contribution in [0.2, 0.25) is 0 Å². The summed E-state index contributed by atoms with van der Waals surface area (Å²) >= 11 is 0. The zero-order valence-electron chi connectivity index (χ0n) is 15.9. The van der Waals surface area contributed by atoms with E-state index in [1.54, 1.807) is 0 Å². The number of nitrogens with two attached hydrogens (primary N) is 2. The summed E-state index contributed by atoms with van der Waals surface area (Å²) in [6.07, 6.45) is -0.794. The first kappa shape index (κ1) is 24.8. The number of carboxylic acid groups (broad SMARTS) is 2. The van der Waals surface area contributed by atoms with Crippen molar-refractivity contribution in [2.45, 2.75) is 49.9 Å². The number of carbonyl (C=O) groups is 6. The highest BCUT2D eigenvalue weighted by molar-refractivity contribution is 5.96. The van der Waals surface area contributed by atoms with Gasteiger partial charge in [0, 0.05) is 6.54 Å². The SMILES string of the molecule is NC(=O)CC(N)C(=O)NC(CC(=O)O)C(=O)NC(CO)C(=O)N1CCCC1C(=O)O. The predicted molar refractivity (Wildman–Crippen MR) is 97.4 cm³/mol. The van der Waals surface area contributed by atoms with Crippen molar-refractivity contribution in [3.05, 3.63) is 0 Å². The van der Waals surface area contributed by atoms with Crippen LogP contribution in [0.5, 0.6) is 0 Å². The number of carbonyl (C=O) groups excluding carboxylic acids is 4. The van der Waals surface area contributed by atoms with E-state index in [-0.39, 0.29) is 13.0 Å². The number of hydrogen-bond donors (Lipinski definition) is 7. The second-order valence-corrected chi connectivity index (χ2v) is 6.71.